The van der Waals surface area contributed by atoms with E-state index in [4.69, 9.17) is 4.74 Å². The van der Waals surface area contributed by atoms with Gasteiger partial charge in [0.25, 0.3) is 17.7 Å². The van der Waals surface area contributed by atoms with Gasteiger partial charge in [-0.05, 0) is 18.1 Å². The lowest BCUT2D eigenvalue weighted by Gasteiger charge is -2.29. The van der Waals surface area contributed by atoms with Crippen molar-refractivity contribution in [1.29, 1.82) is 0 Å². The molecule has 0 saturated carbocycles. The van der Waals surface area contributed by atoms with Gasteiger partial charge in [-0.15, -0.1) is 0 Å². The van der Waals surface area contributed by atoms with Crippen molar-refractivity contribution < 1.29 is 28.7 Å². The molecule has 0 bridgehead atoms. The molecule has 1 aromatic rings. The summed E-state index contributed by atoms with van der Waals surface area (Å²) < 4.78 is 5.10. The second-order valence-electron chi connectivity index (χ2n) is 6.74. The van der Waals surface area contributed by atoms with E-state index in [0.29, 0.717) is 13.0 Å². The number of benzene rings is 1. The quantitative estimate of drug-likeness (QED) is 0.570. The van der Waals surface area contributed by atoms with E-state index in [0.717, 1.165) is 9.80 Å². The molecule has 9 heteroatoms. The van der Waals surface area contributed by atoms with E-state index in [9.17, 15) is 24.0 Å². The zero-order valence-corrected chi connectivity index (χ0v) is 15.6. The van der Waals surface area contributed by atoms with Crippen LogP contribution in [0.4, 0.5) is 4.79 Å². The standard InChI is InChI=1S/C19H21N3O6/c1-3-11(2)15(18(26)28-10-14(23)21-9-8-20-19(21)27)22-16(24)12-6-4-5-7-13(12)17(22)25/h4-7,11,15H,3,8-10H2,1-2H3,(H,20,27)/t11-,15-/m0/s1. The Morgan fingerprint density at radius 3 is 2.25 bits per heavy atom. The number of nitrogens with zero attached hydrogens (tertiary/aromatic N) is 2. The molecule has 0 aromatic heterocycles. The Morgan fingerprint density at radius 1 is 1.14 bits per heavy atom. The Labute approximate surface area is 161 Å². The number of carbonyl (C=O) groups excluding carboxylic acids is 5. The van der Waals surface area contributed by atoms with Gasteiger partial charge >= 0.3 is 12.0 Å². The molecule has 3 rings (SSSR count). The van der Waals surface area contributed by atoms with Crippen molar-refractivity contribution in [2.45, 2.75) is 26.3 Å². The van der Waals surface area contributed by atoms with Crippen LogP contribution in [-0.4, -0.2) is 65.3 Å². The number of rotatable bonds is 6. The fraction of sp³-hybridized carbons (Fsp3) is 0.421. The van der Waals surface area contributed by atoms with Crippen LogP contribution < -0.4 is 5.32 Å². The lowest BCUT2D eigenvalue weighted by molar-refractivity contribution is -0.155. The average molecular weight is 387 g/mol. The molecule has 28 heavy (non-hydrogen) atoms. The molecule has 1 aromatic carbocycles. The first-order valence-corrected chi connectivity index (χ1v) is 9.08. The zero-order valence-electron chi connectivity index (χ0n) is 15.6. The van der Waals surface area contributed by atoms with Crippen LogP contribution in [0.2, 0.25) is 0 Å². The van der Waals surface area contributed by atoms with E-state index < -0.39 is 42.4 Å². The van der Waals surface area contributed by atoms with Gasteiger partial charge in [0.05, 0.1) is 11.1 Å². The number of hydrogen-bond acceptors (Lipinski definition) is 6. The van der Waals surface area contributed by atoms with Crippen LogP contribution in [0.1, 0.15) is 41.0 Å². The van der Waals surface area contributed by atoms with Crippen molar-refractivity contribution in [1.82, 2.24) is 15.1 Å². The molecule has 1 saturated heterocycles. The van der Waals surface area contributed by atoms with E-state index in [1.807, 2.05) is 6.92 Å². The highest BCUT2D eigenvalue weighted by molar-refractivity contribution is 6.22. The molecule has 1 fully saturated rings. The van der Waals surface area contributed by atoms with Crippen LogP contribution >= 0.6 is 0 Å². The lowest BCUT2D eigenvalue weighted by atomic mass is 9.97. The Kier molecular flexibility index (Phi) is 5.43. The number of carbonyl (C=O) groups is 5. The van der Waals surface area contributed by atoms with Gasteiger partial charge < -0.3 is 10.1 Å². The topological polar surface area (TPSA) is 113 Å². The Hall–Kier alpha value is -3.23. The van der Waals surface area contributed by atoms with E-state index in [-0.39, 0.29) is 23.6 Å². The summed E-state index contributed by atoms with van der Waals surface area (Å²) in [5.74, 6) is -3.01. The number of esters is 1. The van der Waals surface area contributed by atoms with Gasteiger partial charge in [0.2, 0.25) is 0 Å². The summed E-state index contributed by atoms with van der Waals surface area (Å²) in [4.78, 5) is 63.7. The predicted molar refractivity (Wildman–Crippen MR) is 96.3 cm³/mol. The minimum Gasteiger partial charge on any atom is -0.454 e. The first kappa shape index (κ1) is 19.5. The summed E-state index contributed by atoms with van der Waals surface area (Å²) in [6, 6.07) is 4.65. The molecular weight excluding hydrogens is 366 g/mol. The molecule has 2 aliphatic rings. The molecule has 5 amide bonds. The average Bonchev–Trinajstić information content (AvgIpc) is 3.23. The highest BCUT2D eigenvalue weighted by atomic mass is 16.5. The van der Waals surface area contributed by atoms with Crippen molar-refractivity contribution in [3.05, 3.63) is 35.4 Å². The monoisotopic (exact) mass is 387 g/mol. The predicted octanol–water partition coefficient (Wildman–Crippen LogP) is 0.792. The maximum atomic E-state index is 12.7. The van der Waals surface area contributed by atoms with Crippen LogP contribution in [0, 0.1) is 5.92 Å². The van der Waals surface area contributed by atoms with Crippen molar-refractivity contribution in [3.63, 3.8) is 0 Å². The van der Waals surface area contributed by atoms with Crippen molar-refractivity contribution >= 4 is 29.7 Å². The number of hydrogen-bond donors (Lipinski definition) is 1. The maximum Gasteiger partial charge on any atom is 0.330 e. The smallest absolute Gasteiger partial charge is 0.330 e. The van der Waals surface area contributed by atoms with E-state index in [1.165, 1.54) is 12.1 Å². The first-order valence-electron chi connectivity index (χ1n) is 9.08. The number of amides is 5. The summed E-state index contributed by atoms with van der Waals surface area (Å²) >= 11 is 0. The van der Waals surface area contributed by atoms with Crippen LogP contribution in [0.15, 0.2) is 24.3 Å². The maximum absolute atomic E-state index is 12.7. The molecule has 148 valence electrons. The number of ether oxygens (including phenoxy) is 1. The van der Waals surface area contributed by atoms with Gasteiger partial charge in [0, 0.05) is 13.1 Å². The minimum absolute atomic E-state index is 0.197. The van der Waals surface area contributed by atoms with E-state index in [1.54, 1.807) is 19.1 Å². The molecular formula is C19H21N3O6. The van der Waals surface area contributed by atoms with Gasteiger partial charge in [0.15, 0.2) is 6.61 Å². The number of imide groups is 2. The van der Waals surface area contributed by atoms with Gasteiger partial charge in [-0.3, -0.25) is 24.2 Å². The molecule has 9 nitrogen and oxygen atoms in total. The Balaban J connectivity index is 1.76. The summed E-state index contributed by atoms with van der Waals surface area (Å²) in [6.45, 7) is 3.45. The van der Waals surface area contributed by atoms with Gasteiger partial charge in [-0.2, -0.15) is 0 Å². The number of nitrogens with one attached hydrogen (secondary N) is 1. The third kappa shape index (κ3) is 3.35. The Morgan fingerprint density at radius 2 is 1.75 bits per heavy atom. The molecule has 2 aliphatic heterocycles. The van der Waals surface area contributed by atoms with Crippen LogP contribution in [0.25, 0.3) is 0 Å². The molecule has 0 unspecified atom stereocenters. The third-order valence-corrected chi connectivity index (χ3v) is 5.02. The highest BCUT2D eigenvalue weighted by Crippen LogP contribution is 2.28. The van der Waals surface area contributed by atoms with Crippen LogP contribution in [-0.2, 0) is 14.3 Å². The minimum atomic E-state index is -1.15. The highest BCUT2D eigenvalue weighted by Gasteiger charge is 2.45. The summed E-state index contributed by atoms with van der Waals surface area (Å²) in [7, 11) is 0. The number of fused-ring (bicyclic) bond motifs is 1. The molecule has 1 N–H and O–H groups in total. The Bertz CT molecular complexity index is 817. The van der Waals surface area contributed by atoms with Crippen molar-refractivity contribution in [3.8, 4) is 0 Å². The third-order valence-electron chi connectivity index (χ3n) is 5.02. The molecule has 0 radical (unpaired) electrons. The van der Waals surface area contributed by atoms with Gasteiger partial charge in [0.1, 0.15) is 6.04 Å². The summed E-state index contributed by atoms with van der Waals surface area (Å²) in [5.41, 5.74) is 0.469. The molecule has 0 spiro atoms. The second-order valence-corrected chi connectivity index (χ2v) is 6.74. The molecule has 0 aliphatic carbocycles. The normalized spacial score (nSPS) is 18.0. The molecule has 2 heterocycles. The zero-order chi connectivity index (χ0) is 20.4. The first-order chi connectivity index (χ1) is 13.4. The fourth-order valence-electron chi connectivity index (χ4n) is 3.28. The fourth-order valence-corrected chi connectivity index (χ4v) is 3.28. The van der Waals surface area contributed by atoms with Crippen molar-refractivity contribution in [2.24, 2.45) is 5.92 Å². The lowest BCUT2D eigenvalue weighted by Crippen LogP contribution is -2.50. The summed E-state index contributed by atoms with van der Waals surface area (Å²) in [6.07, 6.45) is 0.510. The SMILES string of the molecule is CC[C@H](C)[C@@H](C(=O)OCC(=O)N1CCNC1=O)N1C(=O)c2ccccc2C1=O. The van der Waals surface area contributed by atoms with Crippen LogP contribution in [0.5, 0.6) is 0 Å². The van der Waals surface area contributed by atoms with Crippen LogP contribution in [0.3, 0.4) is 0 Å². The van der Waals surface area contributed by atoms with Gasteiger partial charge in [-0.25, -0.2) is 9.59 Å². The van der Waals surface area contributed by atoms with E-state index in [2.05, 4.69) is 5.32 Å². The summed E-state index contributed by atoms with van der Waals surface area (Å²) in [5, 5.41) is 2.48. The number of urea groups is 1. The largest absolute Gasteiger partial charge is 0.454 e. The second kappa shape index (κ2) is 7.79. The molecule has 2 atom stereocenters. The van der Waals surface area contributed by atoms with Crippen molar-refractivity contribution in [2.75, 3.05) is 19.7 Å². The van der Waals surface area contributed by atoms with E-state index >= 15 is 0 Å². The van der Waals surface area contributed by atoms with Gasteiger partial charge in [-0.1, -0.05) is 32.4 Å².